The van der Waals surface area contributed by atoms with Gasteiger partial charge in [-0.1, -0.05) is 27.7 Å². The molecule has 1 aliphatic heterocycles. The SMILES string of the molecule is CC(C)C1CNC2CC(C)C(C)CC21. The van der Waals surface area contributed by atoms with E-state index in [2.05, 4.69) is 33.0 Å². The minimum atomic E-state index is 0.841. The Hall–Kier alpha value is -0.0400. The fourth-order valence-corrected chi connectivity index (χ4v) is 3.51. The summed E-state index contributed by atoms with van der Waals surface area (Å²) >= 11 is 0. The molecule has 0 amide bonds. The first-order chi connectivity index (χ1) is 6.59. The molecule has 2 rings (SSSR count). The zero-order valence-electron chi connectivity index (χ0n) is 10.1. The minimum absolute atomic E-state index is 0.841. The predicted molar refractivity (Wildman–Crippen MR) is 61.2 cm³/mol. The molecule has 0 spiro atoms. The fourth-order valence-electron chi connectivity index (χ4n) is 3.51. The van der Waals surface area contributed by atoms with E-state index in [0.29, 0.717) is 0 Å². The van der Waals surface area contributed by atoms with Crippen molar-refractivity contribution < 1.29 is 0 Å². The zero-order valence-corrected chi connectivity index (χ0v) is 10.1. The van der Waals surface area contributed by atoms with Crippen LogP contribution < -0.4 is 5.32 Å². The lowest BCUT2D eigenvalue weighted by Crippen LogP contribution is -2.37. The standard InChI is InChI=1S/C13H25N/c1-8(2)12-7-14-13-6-10(4)9(3)5-11(12)13/h8-14H,5-7H2,1-4H3. The van der Waals surface area contributed by atoms with Gasteiger partial charge >= 0.3 is 0 Å². The molecule has 1 heterocycles. The Balaban J connectivity index is 2.05. The molecule has 82 valence electrons. The Morgan fingerprint density at radius 3 is 2.36 bits per heavy atom. The highest BCUT2D eigenvalue weighted by Crippen LogP contribution is 2.42. The van der Waals surface area contributed by atoms with Crippen LogP contribution in [-0.4, -0.2) is 12.6 Å². The number of nitrogens with one attached hydrogen (secondary N) is 1. The van der Waals surface area contributed by atoms with Crippen LogP contribution in [0.5, 0.6) is 0 Å². The van der Waals surface area contributed by atoms with Crippen LogP contribution in [0, 0.1) is 29.6 Å². The molecular weight excluding hydrogens is 170 g/mol. The Morgan fingerprint density at radius 2 is 1.71 bits per heavy atom. The largest absolute Gasteiger partial charge is 0.313 e. The molecule has 0 aromatic heterocycles. The van der Waals surface area contributed by atoms with E-state index in [0.717, 1.165) is 35.6 Å². The first-order valence-corrected chi connectivity index (χ1v) is 6.33. The summed E-state index contributed by atoms with van der Waals surface area (Å²) in [5.74, 6) is 4.64. The molecule has 1 nitrogen and oxygen atoms in total. The summed E-state index contributed by atoms with van der Waals surface area (Å²) in [5.41, 5.74) is 0. The molecule has 2 fully saturated rings. The van der Waals surface area contributed by atoms with Crippen LogP contribution in [0.3, 0.4) is 0 Å². The Kier molecular flexibility index (Phi) is 2.88. The van der Waals surface area contributed by atoms with E-state index in [-0.39, 0.29) is 0 Å². The summed E-state index contributed by atoms with van der Waals surface area (Å²) in [5, 5.41) is 3.74. The second kappa shape index (κ2) is 3.84. The summed E-state index contributed by atoms with van der Waals surface area (Å²) in [4.78, 5) is 0. The monoisotopic (exact) mass is 195 g/mol. The van der Waals surface area contributed by atoms with E-state index >= 15 is 0 Å². The van der Waals surface area contributed by atoms with Crippen molar-refractivity contribution in [1.82, 2.24) is 5.32 Å². The summed E-state index contributed by atoms with van der Waals surface area (Å²) in [6, 6.07) is 0.841. The summed E-state index contributed by atoms with van der Waals surface area (Å²) < 4.78 is 0. The average molecular weight is 195 g/mol. The van der Waals surface area contributed by atoms with Gasteiger partial charge in [0, 0.05) is 6.04 Å². The molecule has 14 heavy (non-hydrogen) atoms. The van der Waals surface area contributed by atoms with Crippen molar-refractivity contribution in [3.8, 4) is 0 Å². The minimum Gasteiger partial charge on any atom is -0.313 e. The van der Waals surface area contributed by atoms with Crippen molar-refractivity contribution in [2.24, 2.45) is 29.6 Å². The number of hydrogen-bond donors (Lipinski definition) is 1. The third-order valence-electron chi connectivity index (χ3n) is 4.78. The number of hydrogen-bond acceptors (Lipinski definition) is 1. The maximum Gasteiger partial charge on any atom is 0.0101 e. The Bertz CT molecular complexity index is 199. The third kappa shape index (κ3) is 1.71. The lowest BCUT2D eigenvalue weighted by Gasteiger charge is -2.37. The van der Waals surface area contributed by atoms with Crippen LogP contribution in [-0.2, 0) is 0 Å². The van der Waals surface area contributed by atoms with Gasteiger partial charge in [-0.25, -0.2) is 0 Å². The molecule has 1 aliphatic carbocycles. The molecule has 1 saturated heterocycles. The molecule has 0 aromatic rings. The van der Waals surface area contributed by atoms with Gasteiger partial charge in [-0.15, -0.1) is 0 Å². The van der Waals surface area contributed by atoms with Gasteiger partial charge in [0.25, 0.3) is 0 Å². The zero-order chi connectivity index (χ0) is 10.3. The maximum atomic E-state index is 3.74. The van der Waals surface area contributed by atoms with E-state index in [1.54, 1.807) is 0 Å². The molecule has 0 bridgehead atoms. The van der Waals surface area contributed by atoms with Gasteiger partial charge in [0.05, 0.1) is 0 Å². The van der Waals surface area contributed by atoms with Gasteiger partial charge in [-0.3, -0.25) is 0 Å². The molecular formula is C13H25N. The second-order valence-electron chi connectivity index (χ2n) is 6.01. The highest BCUT2D eigenvalue weighted by atomic mass is 15.0. The third-order valence-corrected chi connectivity index (χ3v) is 4.78. The number of fused-ring (bicyclic) bond motifs is 1. The summed E-state index contributed by atoms with van der Waals surface area (Å²) in [6.45, 7) is 10.9. The van der Waals surface area contributed by atoms with Gasteiger partial charge < -0.3 is 5.32 Å². The van der Waals surface area contributed by atoms with E-state index in [1.165, 1.54) is 19.4 Å². The van der Waals surface area contributed by atoms with Crippen molar-refractivity contribution in [3.05, 3.63) is 0 Å². The Morgan fingerprint density at radius 1 is 1.07 bits per heavy atom. The predicted octanol–water partition coefficient (Wildman–Crippen LogP) is 2.91. The topological polar surface area (TPSA) is 12.0 Å². The maximum absolute atomic E-state index is 3.74. The van der Waals surface area contributed by atoms with Crippen molar-refractivity contribution >= 4 is 0 Å². The van der Waals surface area contributed by atoms with Crippen molar-refractivity contribution in [2.75, 3.05) is 6.54 Å². The highest BCUT2D eigenvalue weighted by molar-refractivity contribution is 4.96. The first kappa shape index (κ1) is 10.5. The average Bonchev–Trinajstić information content (AvgIpc) is 2.48. The smallest absolute Gasteiger partial charge is 0.0101 e. The summed E-state index contributed by atoms with van der Waals surface area (Å²) in [6.07, 6.45) is 2.87. The molecule has 1 saturated carbocycles. The summed E-state index contributed by atoms with van der Waals surface area (Å²) in [7, 11) is 0. The van der Waals surface area contributed by atoms with Crippen LogP contribution in [0.25, 0.3) is 0 Å². The molecule has 1 N–H and O–H groups in total. The van der Waals surface area contributed by atoms with Crippen molar-refractivity contribution in [2.45, 2.75) is 46.6 Å². The van der Waals surface area contributed by atoms with Gasteiger partial charge in [0.2, 0.25) is 0 Å². The normalized spacial score (nSPS) is 48.2. The molecule has 0 radical (unpaired) electrons. The van der Waals surface area contributed by atoms with Gasteiger partial charge in [0.1, 0.15) is 0 Å². The second-order valence-corrected chi connectivity index (χ2v) is 6.01. The molecule has 1 heteroatoms. The van der Waals surface area contributed by atoms with Crippen LogP contribution in [0.15, 0.2) is 0 Å². The van der Waals surface area contributed by atoms with E-state index in [4.69, 9.17) is 0 Å². The van der Waals surface area contributed by atoms with Gasteiger partial charge in [-0.05, 0) is 49.0 Å². The van der Waals surface area contributed by atoms with Crippen LogP contribution in [0.2, 0.25) is 0 Å². The van der Waals surface area contributed by atoms with Crippen LogP contribution in [0.1, 0.15) is 40.5 Å². The molecule has 2 aliphatic rings. The lowest BCUT2D eigenvalue weighted by atomic mass is 9.68. The molecule has 0 aromatic carbocycles. The fraction of sp³-hybridized carbons (Fsp3) is 1.00. The van der Waals surface area contributed by atoms with E-state index in [1.807, 2.05) is 0 Å². The Labute approximate surface area is 88.7 Å². The van der Waals surface area contributed by atoms with E-state index < -0.39 is 0 Å². The quantitative estimate of drug-likeness (QED) is 0.678. The van der Waals surface area contributed by atoms with E-state index in [9.17, 15) is 0 Å². The lowest BCUT2D eigenvalue weighted by molar-refractivity contribution is 0.147. The van der Waals surface area contributed by atoms with Crippen LogP contribution >= 0.6 is 0 Å². The van der Waals surface area contributed by atoms with Gasteiger partial charge in [0.15, 0.2) is 0 Å². The van der Waals surface area contributed by atoms with Crippen molar-refractivity contribution in [3.63, 3.8) is 0 Å². The van der Waals surface area contributed by atoms with Crippen LogP contribution in [0.4, 0.5) is 0 Å². The van der Waals surface area contributed by atoms with Crippen molar-refractivity contribution in [1.29, 1.82) is 0 Å². The number of rotatable bonds is 1. The molecule has 5 atom stereocenters. The highest BCUT2D eigenvalue weighted by Gasteiger charge is 2.42. The molecule has 5 unspecified atom stereocenters. The van der Waals surface area contributed by atoms with Gasteiger partial charge in [-0.2, -0.15) is 0 Å². The first-order valence-electron chi connectivity index (χ1n) is 6.33.